The summed E-state index contributed by atoms with van der Waals surface area (Å²) < 4.78 is 10.6. The molecule has 2 rings (SSSR count). The number of rotatable bonds is 7. The number of halogens is 1. The fourth-order valence-electron chi connectivity index (χ4n) is 1.82. The van der Waals surface area contributed by atoms with Crippen molar-refractivity contribution in [3.8, 4) is 11.5 Å². The van der Waals surface area contributed by atoms with Crippen LogP contribution in [0.15, 0.2) is 30.3 Å². The van der Waals surface area contributed by atoms with E-state index in [0.29, 0.717) is 5.69 Å². The van der Waals surface area contributed by atoms with Gasteiger partial charge in [-0.05, 0) is 28.1 Å². The Morgan fingerprint density at radius 2 is 1.79 bits per heavy atom. The van der Waals surface area contributed by atoms with E-state index in [9.17, 15) is 20.2 Å². The average Bonchev–Trinajstić information content (AvgIpc) is 2.52. The Morgan fingerprint density at radius 1 is 1.08 bits per heavy atom. The van der Waals surface area contributed by atoms with Gasteiger partial charge < -0.3 is 19.6 Å². The van der Waals surface area contributed by atoms with Gasteiger partial charge in [0.25, 0.3) is 5.69 Å². The lowest BCUT2D eigenvalue weighted by molar-refractivity contribution is -0.390. The van der Waals surface area contributed by atoms with Crippen LogP contribution in [0.3, 0.4) is 0 Å². The van der Waals surface area contributed by atoms with Crippen LogP contribution in [0.4, 0.5) is 11.5 Å². The van der Waals surface area contributed by atoms with Crippen LogP contribution < -0.4 is 9.47 Å². The first kappa shape index (κ1) is 17.4. The van der Waals surface area contributed by atoms with E-state index in [2.05, 4.69) is 4.98 Å². The van der Waals surface area contributed by atoms with Crippen LogP contribution in [-0.2, 0) is 0 Å². The highest BCUT2D eigenvalue weighted by Crippen LogP contribution is 2.26. The maximum Gasteiger partial charge on any atom is 0.406 e. The minimum absolute atomic E-state index is 0.00804. The van der Waals surface area contributed by atoms with Gasteiger partial charge in [-0.1, -0.05) is 11.6 Å². The molecule has 0 saturated carbocycles. The summed E-state index contributed by atoms with van der Waals surface area (Å²) in [7, 11) is 0. The minimum atomic E-state index is -0.635. The Hall–Kier alpha value is -2.94. The van der Waals surface area contributed by atoms with E-state index in [4.69, 9.17) is 21.1 Å². The Morgan fingerprint density at radius 3 is 2.46 bits per heavy atom. The number of aromatic nitrogens is 1. The van der Waals surface area contributed by atoms with Gasteiger partial charge in [-0.2, -0.15) is 0 Å². The maximum atomic E-state index is 10.9. The van der Waals surface area contributed by atoms with E-state index in [1.165, 1.54) is 24.3 Å². The lowest BCUT2D eigenvalue weighted by Crippen LogP contribution is -2.10. The van der Waals surface area contributed by atoms with Crippen molar-refractivity contribution in [3.05, 3.63) is 61.3 Å². The van der Waals surface area contributed by atoms with Crippen molar-refractivity contribution in [1.82, 2.24) is 4.98 Å². The van der Waals surface area contributed by atoms with Crippen LogP contribution in [0, 0.1) is 27.2 Å². The van der Waals surface area contributed by atoms with Crippen LogP contribution in [0.25, 0.3) is 0 Å². The lowest BCUT2D eigenvalue weighted by atomic mass is 10.3. The van der Waals surface area contributed by atoms with Gasteiger partial charge in [-0.3, -0.25) is 10.1 Å². The Balaban J connectivity index is 1.97. The zero-order valence-electron chi connectivity index (χ0n) is 12.5. The first-order valence-electron chi connectivity index (χ1n) is 6.69. The second kappa shape index (κ2) is 7.55. The Bertz CT molecular complexity index is 783. The van der Waals surface area contributed by atoms with E-state index in [-0.39, 0.29) is 41.2 Å². The number of aryl methyl sites for hydroxylation is 1. The van der Waals surface area contributed by atoms with E-state index in [0.717, 1.165) is 0 Å². The van der Waals surface area contributed by atoms with Crippen LogP contribution >= 0.6 is 11.6 Å². The van der Waals surface area contributed by atoms with Crippen molar-refractivity contribution < 1.29 is 19.3 Å². The molecule has 0 N–H and O–H groups in total. The molecule has 126 valence electrons. The van der Waals surface area contributed by atoms with Gasteiger partial charge in [0.05, 0.1) is 16.0 Å². The van der Waals surface area contributed by atoms with Crippen molar-refractivity contribution >= 4 is 23.1 Å². The third kappa shape index (κ3) is 4.53. The molecule has 9 nitrogen and oxygen atoms in total. The van der Waals surface area contributed by atoms with Crippen LogP contribution in [0.5, 0.6) is 11.5 Å². The summed E-state index contributed by atoms with van der Waals surface area (Å²) in [6, 6.07) is 6.88. The smallest absolute Gasteiger partial charge is 0.406 e. The molecule has 0 aliphatic carbocycles. The van der Waals surface area contributed by atoms with Crippen LogP contribution in [0.1, 0.15) is 5.69 Å². The second-order valence-corrected chi connectivity index (χ2v) is 5.07. The summed E-state index contributed by atoms with van der Waals surface area (Å²) in [5.41, 5.74) is 0.299. The molecule has 2 aromatic rings. The molecule has 10 heteroatoms. The number of benzene rings is 1. The molecule has 0 saturated heterocycles. The molecule has 0 fully saturated rings. The molecule has 0 aliphatic heterocycles. The number of nitro groups is 2. The molecule has 0 bridgehead atoms. The Kier molecular flexibility index (Phi) is 5.48. The molecule has 0 atom stereocenters. The third-order valence-electron chi connectivity index (χ3n) is 2.83. The maximum absolute atomic E-state index is 10.9. The molecule has 0 unspecified atom stereocenters. The highest BCUT2D eigenvalue weighted by atomic mass is 35.5. The number of hydrogen-bond donors (Lipinski definition) is 0. The van der Waals surface area contributed by atoms with E-state index < -0.39 is 9.85 Å². The van der Waals surface area contributed by atoms with Crippen molar-refractivity contribution in [1.29, 1.82) is 0 Å². The molecule has 0 amide bonds. The number of non-ortho nitro benzene ring substituents is 1. The van der Waals surface area contributed by atoms with Crippen molar-refractivity contribution in [2.45, 2.75) is 6.92 Å². The summed E-state index contributed by atoms with van der Waals surface area (Å²) in [6.45, 7) is 1.64. The fraction of sp³-hybridized carbons (Fsp3) is 0.214. The number of pyridine rings is 1. The first-order chi connectivity index (χ1) is 11.4. The summed E-state index contributed by atoms with van der Waals surface area (Å²) in [5.74, 6) is -0.158. The van der Waals surface area contributed by atoms with Gasteiger partial charge in [0.2, 0.25) is 5.75 Å². The molecule has 0 aliphatic rings. The molecule has 0 radical (unpaired) electrons. The van der Waals surface area contributed by atoms with Crippen molar-refractivity contribution in [2.24, 2.45) is 0 Å². The predicted octanol–water partition coefficient (Wildman–Crippen LogP) is 3.32. The standard InChI is InChI=1S/C14H12ClN3O6/c1-9-2-3-13(14(16-9)18(21)22)24-5-4-23-12-7-10(15)6-11(8-12)17(19)20/h2-3,6-8H,4-5H2,1H3. The first-order valence-corrected chi connectivity index (χ1v) is 7.07. The van der Waals surface area contributed by atoms with Gasteiger partial charge in [0.15, 0.2) is 0 Å². The van der Waals surface area contributed by atoms with Crippen molar-refractivity contribution in [3.63, 3.8) is 0 Å². The summed E-state index contributed by atoms with van der Waals surface area (Å²) in [4.78, 5) is 24.2. The highest BCUT2D eigenvalue weighted by Gasteiger charge is 2.17. The third-order valence-corrected chi connectivity index (χ3v) is 3.05. The summed E-state index contributed by atoms with van der Waals surface area (Å²) in [6.07, 6.45) is 0. The van der Waals surface area contributed by atoms with Gasteiger partial charge in [0, 0.05) is 13.0 Å². The topological polar surface area (TPSA) is 118 Å². The zero-order chi connectivity index (χ0) is 17.7. The van der Waals surface area contributed by atoms with Gasteiger partial charge in [-0.25, -0.2) is 0 Å². The average molecular weight is 354 g/mol. The fourth-order valence-corrected chi connectivity index (χ4v) is 2.04. The zero-order valence-corrected chi connectivity index (χ0v) is 13.2. The molecule has 1 aromatic carbocycles. The molecule has 1 heterocycles. The number of hydrogen-bond acceptors (Lipinski definition) is 7. The molecular weight excluding hydrogens is 342 g/mol. The van der Waals surface area contributed by atoms with Gasteiger partial charge in [0.1, 0.15) is 24.7 Å². The molecule has 0 spiro atoms. The van der Waals surface area contributed by atoms with Crippen LogP contribution in [0.2, 0.25) is 5.02 Å². The molecule has 24 heavy (non-hydrogen) atoms. The van der Waals surface area contributed by atoms with E-state index in [1.807, 2.05) is 0 Å². The quantitative estimate of drug-likeness (QED) is 0.425. The Labute approximate surface area is 141 Å². The second-order valence-electron chi connectivity index (χ2n) is 4.63. The largest absolute Gasteiger partial charge is 0.490 e. The minimum Gasteiger partial charge on any atom is -0.490 e. The lowest BCUT2D eigenvalue weighted by Gasteiger charge is -2.08. The number of nitro benzene ring substituents is 1. The SMILES string of the molecule is Cc1ccc(OCCOc2cc(Cl)cc([N+](=O)[O-])c2)c([N+](=O)[O-])n1. The van der Waals surface area contributed by atoms with Crippen molar-refractivity contribution in [2.75, 3.05) is 13.2 Å². The number of nitrogens with zero attached hydrogens (tertiary/aromatic N) is 3. The van der Waals surface area contributed by atoms with E-state index >= 15 is 0 Å². The highest BCUT2D eigenvalue weighted by molar-refractivity contribution is 6.30. The monoisotopic (exact) mass is 353 g/mol. The van der Waals surface area contributed by atoms with Gasteiger partial charge >= 0.3 is 5.82 Å². The van der Waals surface area contributed by atoms with E-state index in [1.54, 1.807) is 13.0 Å². The molecular formula is C14H12ClN3O6. The predicted molar refractivity (Wildman–Crippen MR) is 84.7 cm³/mol. The van der Waals surface area contributed by atoms with Crippen LogP contribution in [-0.4, -0.2) is 28.0 Å². The summed E-state index contributed by atoms with van der Waals surface area (Å²) in [5, 5.41) is 21.8. The number of ether oxygens (including phenoxy) is 2. The normalized spacial score (nSPS) is 10.2. The molecule has 1 aromatic heterocycles. The van der Waals surface area contributed by atoms with Gasteiger partial charge in [-0.15, -0.1) is 0 Å². The summed E-state index contributed by atoms with van der Waals surface area (Å²) >= 11 is 5.77.